The molecule has 3 nitrogen and oxygen atoms in total. The van der Waals surface area contributed by atoms with Crippen molar-refractivity contribution in [1.82, 2.24) is 4.98 Å². The SMILES string of the molecule is Cl.Cl.N#Cc1ncccc1N. The lowest BCUT2D eigenvalue weighted by Gasteiger charge is -1.90. The molecule has 2 N–H and O–H groups in total. The standard InChI is InChI=1S/C6H5N3.2ClH/c7-4-6-5(8)2-1-3-9-6;;/h1-3H,8H2;2*1H. The van der Waals surface area contributed by atoms with Gasteiger partial charge in [-0.1, -0.05) is 0 Å². The Labute approximate surface area is 77.1 Å². The number of hydrogen-bond acceptors (Lipinski definition) is 3. The topological polar surface area (TPSA) is 62.7 Å². The third-order valence-electron chi connectivity index (χ3n) is 0.945. The Morgan fingerprint density at radius 3 is 2.45 bits per heavy atom. The first-order chi connectivity index (χ1) is 4.34. The summed E-state index contributed by atoms with van der Waals surface area (Å²) in [6, 6.07) is 5.19. The van der Waals surface area contributed by atoms with Crippen LogP contribution in [-0.2, 0) is 0 Å². The number of pyridine rings is 1. The zero-order chi connectivity index (χ0) is 6.69. The van der Waals surface area contributed by atoms with Crippen LogP contribution in [0.15, 0.2) is 18.3 Å². The molecule has 0 radical (unpaired) electrons. The molecule has 0 aliphatic heterocycles. The minimum absolute atomic E-state index is 0. The maximum atomic E-state index is 8.33. The summed E-state index contributed by atoms with van der Waals surface area (Å²) >= 11 is 0. The van der Waals surface area contributed by atoms with Crippen molar-refractivity contribution in [3.05, 3.63) is 24.0 Å². The summed E-state index contributed by atoms with van der Waals surface area (Å²) in [5, 5.41) is 8.33. The Balaban J connectivity index is 0. The van der Waals surface area contributed by atoms with Gasteiger partial charge >= 0.3 is 0 Å². The highest BCUT2D eigenvalue weighted by molar-refractivity contribution is 5.85. The number of halogens is 2. The first-order valence-electron chi connectivity index (χ1n) is 2.45. The van der Waals surface area contributed by atoms with E-state index in [-0.39, 0.29) is 30.5 Å². The molecule has 0 amide bonds. The number of rotatable bonds is 0. The van der Waals surface area contributed by atoms with Crippen LogP contribution >= 0.6 is 24.8 Å². The molecule has 1 aromatic heterocycles. The van der Waals surface area contributed by atoms with Crippen LogP contribution in [0.3, 0.4) is 0 Å². The normalized spacial score (nSPS) is 6.82. The van der Waals surface area contributed by atoms with Gasteiger partial charge < -0.3 is 5.73 Å². The number of nitrogens with zero attached hydrogens (tertiary/aromatic N) is 2. The molecule has 0 saturated carbocycles. The minimum atomic E-state index is 0. The molecule has 0 saturated heterocycles. The largest absolute Gasteiger partial charge is 0.396 e. The third kappa shape index (κ3) is 3.08. The van der Waals surface area contributed by atoms with E-state index in [1.807, 2.05) is 6.07 Å². The second-order valence-corrected chi connectivity index (χ2v) is 1.55. The second-order valence-electron chi connectivity index (χ2n) is 1.55. The smallest absolute Gasteiger partial charge is 0.163 e. The lowest BCUT2D eigenvalue weighted by Crippen LogP contribution is -1.91. The van der Waals surface area contributed by atoms with Crippen molar-refractivity contribution in [3.63, 3.8) is 0 Å². The number of nitrogens with two attached hydrogens (primary N) is 1. The average Bonchev–Trinajstić information content (AvgIpc) is 1.89. The van der Waals surface area contributed by atoms with Gasteiger partial charge in [-0.3, -0.25) is 0 Å². The fourth-order valence-corrected chi connectivity index (χ4v) is 0.511. The number of anilines is 1. The van der Waals surface area contributed by atoms with Crippen LogP contribution in [0.5, 0.6) is 0 Å². The van der Waals surface area contributed by atoms with E-state index in [2.05, 4.69) is 4.98 Å². The summed E-state index contributed by atoms with van der Waals surface area (Å²) in [5.74, 6) is 0. The predicted molar refractivity (Wildman–Crippen MR) is 47.9 cm³/mol. The van der Waals surface area contributed by atoms with E-state index in [0.29, 0.717) is 5.69 Å². The van der Waals surface area contributed by atoms with Crippen molar-refractivity contribution in [3.8, 4) is 6.07 Å². The van der Waals surface area contributed by atoms with E-state index in [0.717, 1.165) is 0 Å². The molecule has 0 spiro atoms. The maximum absolute atomic E-state index is 8.33. The van der Waals surface area contributed by atoms with Crippen LogP contribution < -0.4 is 5.73 Å². The molecule has 5 heteroatoms. The molecule has 0 aromatic carbocycles. The van der Waals surface area contributed by atoms with Crippen molar-refractivity contribution < 1.29 is 0 Å². The van der Waals surface area contributed by atoms with E-state index < -0.39 is 0 Å². The van der Waals surface area contributed by atoms with E-state index in [4.69, 9.17) is 11.0 Å². The zero-order valence-corrected chi connectivity index (χ0v) is 7.15. The van der Waals surface area contributed by atoms with Gasteiger partial charge in [0.15, 0.2) is 5.69 Å². The van der Waals surface area contributed by atoms with Crippen molar-refractivity contribution in [1.29, 1.82) is 5.26 Å². The lowest BCUT2D eigenvalue weighted by atomic mass is 10.3. The second kappa shape index (κ2) is 5.78. The molecule has 1 heterocycles. The average molecular weight is 192 g/mol. The number of nitrogen functional groups attached to an aromatic ring is 1. The molecule has 0 unspecified atom stereocenters. The van der Waals surface area contributed by atoms with Crippen LogP contribution in [0.4, 0.5) is 5.69 Å². The third-order valence-corrected chi connectivity index (χ3v) is 0.945. The van der Waals surface area contributed by atoms with Gasteiger partial charge in [0.25, 0.3) is 0 Å². The highest BCUT2D eigenvalue weighted by atomic mass is 35.5. The van der Waals surface area contributed by atoms with Crippen molar-refractivity contribution in [2.24, 2.45) is 0 Å². The van der Waals surface area contributed by atoms with Crippen molar-refractivity contribution in [2.45, 2.75) is 0 Å². The summed E-state index contributed by atoms with van der Waals surface area (Å²) in [4.78, 5) is 3.71. The number of aromatic nitrogens is 1. The van der Waals surface area contributed by atoms with Crippen molar-refractivity contribution in [2.75, 3.05) is 5.73 Å². The van der Waals surface area contributed by atoms with Gasteiger partial charge in [0.2, 0.25) is 0 Å². The van der Waals surface area contributed by atoms with Crippen LogP contribution in [0.2, 0.25) is 0 Å². The molecule has 0 aliphatic carbocycles. The Morgan fingerprint density at radius 2 is 2.09 bits per heavy atom. The van der Waals surface area contributed by atoms with E-state index >= 15 is 0 Å². The quantitative estimate of drug-likeness (QED) is 0.675. The molecular weight excluding hydrogens is 185 g/mol. The zero-order valence-electron chi connectivity index (χ0n) is 5.52. The first-order valence-corrected chi connectivity index (χ1v) is 2.45. The lowest BCUT2D eigenvalue weighted by molar-refractivity contribution is 1.27. The van der Waals surface area contributed by atoms with E-state index in [1.165, 1.54) is 6.20 Å². The summed E-state index contributed by atoms with van der Waals surface area (Å²) in [6.45, 7) is 0. The molecule has 1 aromatic rings. The fraction of sp³-hybridized carbons (Fsp3) is 0. The number of nitriles is 1. The molecule has 0 fully saturated rings. The van der Waals surface area contributed by atoms with Gasteiger partial charge in [0, 0.05) is 6.20 Å². The van der Waals surface area contributed by atoms with Gasteiger partial charge in [-0.25, -0.2) is 4.98 Å². The van der Waals surface area contributed by atoms with Gasteiger partial charge in [-0.15, -0.1) is 24.8 Å². The summed E-state index contributed by atoms with van der Waals surface area (Å²) in [5.41, 5.74) is 6.07. The Hall–Kier alpha value is -0.980. The van der Waals surface area contributed by atoms with Gasteiger partial charge in [0.05, 0.1) is 5.69 Å². The summed E-state index contributed by atoms with van der Waals surface area (Å²) < 4.78 is 0. The van der Waals surface area contributed by atoms with Crippen LogP contribution in [0.25, 0.3) is 0 Å². The summed E-state index contributed by atoms with van der Waals surface area (Å²) in [7, 11) is 0. The molecule has 0 bridgehead atoms. The summed E-state index contributed by atoms with van der Waals surface area (Å²) in [6.07, 6.45) is 1.54. The molecular formula is C6H7Cl2N3. The molecule has 0 atom stereocenters. The minimum Gasteiger partial charge on any atom is -0.396 e. The van der Waals surface area contributed by atoms with Gasteiger partial charge in [0.1, 0.15) is 6.07 Å². The predicted octanol–water partition coefficient (Wildman–Crippen LogP) is 1.38. The Bertz CT molecular complexity index is 256. The molecule has 60 valence electrons. The fourth-order valence-electron chi connectivity index (χ4n) is 0.511. The van der Waals surface area contributed by atoms with Crippen molar-refractivity contribution >= 4 is 30.5 Å². The maximum Gasteiger partial charge on any atom is 0.163 e. The monoisotopic (exact) mass is 191 g/mol. The van der Waals surface area contributed by atoms with E-state index in [1.54, 1.807) is 12.1 Å². The van der Waals surface area contributed by atoms with Gasteiger partial charge in [-0.05, 0) is 12.1 Å². The van der Waals surface area contributed by atoms with Crippen LogP contribution in [-0.4, -0.2) is 4.98 Å². The van der Waals surface area contributed by atoms with E-state index in [9.17, 15) is 0 Å². The van der Waals surface area contributed by atoms with Crippen LogP contribution in [0, 0.1) is 11.3 Å². The first kappa shape index (κ1) is 12.7. The molecule has 11 heavy (non-hydrogen) atoms. The Morgan fingerprint density at radius 1 is 1.45 bits per heavy atom. The number of hydrogen-bond donors (Lipinski definition) is 1. The Kier molecular flexibility index (Phi) is 6.66. The van der Waals surface area contributed by atoms with Gasteiger partial charge in [-0.2, -0.15) is 5.26 Å². The highest BCUT2D eigenvalue weighted by Gasteiger charge is 1.92. The highest BCUT2D eigenvalue weighted by Crippen LogP contribution is 2.03. The molecule has 0 aliphatic rings. The molecule has 1 rings (SSSR count). The van der Waals surface area contributed by atoms with Crippen LogP contribution in [0.1, 0.15) is 5.69 Å².